The third-order valence-electron chi connectivity index (χ3n) is 3.24. The van der Waals surface area contributed by atoms with E-state index >= 15 is 0 Å². The Labute approximate surface area is 146 Å². The Morgan fingerprint density at radius 2 is 1.43 bits per heavy atom. The summed E-state index contributed by atoms with van der Waals surface area (Å²) < 4.78 is 4.04. The molecule has 0 bridgehead atoms. The highest BCUT2D eigenvalue weighted by Crippen LogP contribution is 2.07. The fraction of sp³-hybridized carbons (Fsp3) is 0.188. The average molecular weight is 425 g/mol. The van der Waals surface area contributed by atoms with Crippen LogP contribution in [0.15, 0.2) is 64.0 Å². The summed E-state index contributed by atoms with van der Waals surface area (Å²) in [5, 5.41) is 0. The average Bonchev–Trinajstić information content (AvgIpc) is 2.52. The molecule has 0 fully saturated rings. The van der Waals surface area contributed by atoms with Gasteiger partial charge < -0.3 is 0 Å². The van der Waals surface area contributed by atoms with Gasteiger partial charge in [0.15, 0.2) is 0 Å². The number of halogens is 1. The van der Waals surface area contributed by atoms with Crippen molar-refractivity contribution in [1.29, 1.82) is 0 Å². The van der Waals surface area contributed by atoms with Gasteiger partial charge in [-0.3, -0.25) is 0 Å². The highest BCUT2D eigenvalue weighted by atomic mass is 127. The van der Waals surface area contributed by atoms with Crippen LogP contribution in [0.4, 0.5) is 0 Å². The van der Waals surface area contributed by atoms with Gasteiger partial charge in [0.05, 0.1) is 19.6 Å². The summed E-state index contributed by atoms with van der Waals surface area (Å²) in [6.45, 7) is 7.28. The third kappa shape index (κ3) is 3.61. The van der Waals surface area contributed by atoms with E-state index in [-0.39, 0.29) is 19.6 Å². The standard InChI is InChI=1S/C16H16IN3O3/c1-3-8-18-14(21)19(9-4-2)16(23)20(15(18)22)11-12-6-5-7-13(17)10-12/h3-7,10H,1-2,8-9,11H2. The monoisotopic (exact) mass is 425 g/mol. The second kappa shape index (κ2) is 7.40. The summed E-state index contributed by atoms with van der Waals surface area (Å²) >= 11 is 2.16. The van der Waals surface area contributed by atoms with E-state index in [0.29, 0.717) is 0 Å². The molecule has 0 radical (unpaired) electrons. The fourth-order valence-electron chi connectivity index (χ4n) is 2.21. The minimum Gasteiger partial charge on any atom is -0.247 e. The minimum absolute atomic E-state index is 0.0431. The van der Waals surface area contributed by atoms with Crippen LogP contribution in [0.1, 0.15) is 5.56 Å². The van der Waals surface area contributed by atoms with Crippen LogP contribution in [0, 0.1) is 3.57 Å². The van der Waals surface area contributed by atoms with Crippen molar-refractivity contribution in [2.24, 2.45) is 0 Å². The summed E-state index contributed by atoms with van der Waals surface area (Å²) in [5.74, 6) is 0. The summed E-state index contributed by atoms with van der Waals surface area (Å²) in [6.07, 6.45) is 2.89. The van der Waals surface area contributed by atoms with Crippen LogP contribution in [-0.4, -0.2) is 13.7 Å². The molecular weight excluding hydrogens is 409 g/mol. The molecule has 0 atom stereocenters. The molecule has 0 N–H and O–H groups in total. The molecule has 1 aromatic heterocycles. The van der Waals surface area contributed by atoms with Crippen LogP contribution < -0.4 is 17.1 Å². The van der Waals surface area contributed by atoms with Crippen LogP contribution in [0.3, 0.4) is 0 Å². The molecule has 0 aliphatic carbocycles. The van der Waals surface area contributed by atoms with Gasteiger partial charge in [0.25, 0.3) is 0 Å². The number of rotatable bonds is 6. The van der Waals surface area contributed by atoms with Crippen molar-refractivity contribution in [2.75, 3.05) is 0 Å². The number of aromatic nitrogens is 3. The zero-order valence-corrected chi connectivity index (χ0v) is 14.6. The predicted molar refractivity (Wildman–Crippen MR) is 97.9 cm³/mol. The molecule has 0 spiro atoms. The lowest BCUT2D eigenvalue weighted by Crippen LogP contribution is -2.54. The molecule has 2 aromatic rings. The molecule has 23 heavy (non-hydrogen) atoms. The normalized spacial score (nSPS) is 10.5. The van der Waals surface area contributed by atoms with Gasteiger partial charge in [0.2, 0.25) is 0 Å². The summed E-state index contributed by atoms with van der Waals surface area (Å²) in [5.41, 5.74) is -1.12. The van der Waals surface area contributed by atoms with Crippen LogP contribution in [0.25, 0.3) is 0 Å². The van der Waals surface area contributed by atoms with E-state index in [1.54, 1.807) is 0 Å². The molecule has 1 aromatic carbocycles. The minimum atomic E-state index is -0.654. The maximum Gasteiger partial charge on any atom is 0.336 e. The van der Waals surface area contributed by atoms with Crippen molar-refractivity contribution >= 4 is 22.6 Å². The molecule has 0 aliphatic heterocycles. The van der Waals surface area contributed by atoms with Crippen molar-refractivity contribution in [3.05, 3.63) is 90.2 Å². The third-order valence-corrected chi connectivity index (χ3v) is 3.91. The SMILES string of the molecule is C=CCn1c(=O)n(CC=C)c(=O)n(Cc2cccc(I)c2)c1=O. The van der Waals surface area contributed by atoms with Crippen LogP contribution in [0.2, 0.25) is 0 Å². The first-order valence-electron chi connectivity index (χ1n) is 6.90. The second-order valence-electron chi connectivity index (χ2n) is 4.86. The Morgan fingerprint density at radius 1 is 0.913 bits per heavy atom. The lowest BCUT2D eigenvalue weighted by Gasteiger charge is -2.12. The lowest BCUT2D eigenvalue weighted by atomic mass is 10.2. The highest BCUT2D eigenvalue weighted by Gasteiger charge is 2.14. The van der Waals surface area contributed by atoms with Crippen molar-refractivity contribution in [2.45, 2.75) is 19.6 Å². The van der Waals surface area contributed by atoms with Crippen molar-refractivity contribution < 1.29 is 0 Å². The van der Waals surface area contributed by atoms with Gasteiger partial charge in [-0.2, -0.15) is 0 Å². The van der Waals surface area contributed by atoms with Crippen LogP contribution in [-0.2, 0) is 19.6 Å². The van der Waals surface area contributed by atoms with Crippen molar-refractivity contribution in [3.8, 4) is 0 Å². The number of allylic oxidation sites excluding steroid dienone is 2. The predicted octanol–water partition coefficient (Wildman–Crippen LogP) is 1.20. The van der Waals surface area contributed by atoms with Crippen LogP contribution in [0.5, 0.6) is 0 Å². The zero-order chi connectivity index (χ0) is 17.0. The van der Waals surface area contributed by atoms with E-state index in [9.17, 15) is 14.4 Å². The summed E-state index contributed by atoms with van der Waals surface area (Å²) in [7, 11) is 0. The Balaban J connectivity index is 2.69. The van der Waals surface area contributed by atoms with Gasteiger partial charge in [-0.15, -0.1) is 13.2 Å². The van der Waals surface area contributed by atoms with Gasteiger partial charge in [-0.1, -0.05) is 24.3 Å². The Kier molecular flexibility index (Phi) is 5.54. The Morgan fingerprint density at radius 3 is 1.91 bits per heavy atom. The van der Waals surface area contributed by atoms with Crippen LogP contribution >= 0.6 is 22.6 Å². The van der Waals surface area contributed by atoms with Gasteiger partial charge >= 0.3 is 17.1 Å². The van der Waals surface area contributed by atoms with Crippen molar-refractivity contribution in [3.63, 3.8) is 0 Å². The molecule has 120 valence electrons. The molecule has 1 heterocycles. The zero-order valence-electron chi connectivity index (χ0n) is 12.4. The highest BCUT2D eigenvalue weighted by molar-refractivity contribution is 14.1. The molecule has 2 rings (SSSR count). The largest absolute Gasteiger partial charge is 0.336 e. The second-order valence-corrected chi connectivity index (χ2v) is 6.11. The first-order valence-corrected chi connectivity index (χ1v) is 7.98. The van der Waals surface area contributed by atoms with Gasteiger partial charge in [0, 0.05) is 3.57 Å². The van der Waals surface area contributed by atoms with Gasteiger partial charge in [-0.05, 0) is 40.3 Å². The molecule has 6 nitrogen and oxygen atoms in total. The summed E-state index contributed by atoms with van der Waals surface area (Å²) in [4.78, 5) is 37.2. The molecule has 0 unspecified atom stereocenters. The fourth-order valence-corrected chi connectivity index (χ4v) is 2.81. The quantitative estimate of drug-likeness (QED) is 0.516. The van der Waals surface area contributed by atoms with E-state index in [1.165, 1.54) is 12.2 Å². The number of hydrogen-bond acceptors (Lipinski definition) is 3. The number of nitrogens with zero attached hydrogens (tertiary/aromatic N) is 3. The van der Waals surface area contributed by atoms with E-state index in [0.717, 1.165) is 22.8 Å². The molecule has 0 amide bonds. The molecule has 0 aliphatic rings. The molecule has 0 saturated heterocycles. The maximum atomic E-state index is 12.5. The topological polar surface area (TPSA) is 66.0 Å². The van der Waals surface area contributed by atoms with E-state index < -0.39 is 17.1 Å². The van der Waals surface area contributed by atoms with Crippen molar-refractivity contribution in [1.82, 2.24) is 13.7 Å². The Bertz CT molecular complexity index is 873. The molecule has 7 heteroatoms. The first-order chi connectivity index (χ1) is 11.0. The van der Waals surface area contributed by atoms with Gasteiger partial charge in [0.1, 0.15) is 0 Å². The number of hydrogen-bond donors (Lipinski definition) is 0. The maximum absolute atomic E-state index is 12.5. The lowest BCUT2D eigenvalue weighted by molar-refractivity contribution is 0.498. The molecule has 0 saturated carbocycles. The first kappa shape index (κ1) is 17.2. The van der Waals surface area contributed by atoms with E-state index in [4.69, 9.17) is 0 Å². The van der Waals surface area contributed by atoms with E-state index in [1.807, 2.05) is 24.3 Å². The Hall–Kier alpha value is -2.16. The summed E-state index contributed by atoms with van der Waals surface area (Å²) in [6, 6.07) is 7.48. The van der Waals surface area contributed by atoms with E-state index in [2.05, 4.69) is 35.7 Å². The molecular formula is C16H16IN3O3. The van der Waals surface area contributed by atoms with Gasteiger partial charge in [-0.25, -0.2) is 28.1 Å². The number of benzene rings is 1. The smallest absolute Gasteiger partial charge is 0.247 e.